The van der Waals surface area contributed by atoms with Crippen molar-refractivity contribution in [3.8, 4) is 17.2 Å². The molecule has 0 saturated carbocycles. The van der Waals surface area contributed by atoms with Crippen LogP contribution in [0.25, 0.3) is 0 Å². The van der Waals surface area contributed by atoms with Crippen molar-refractivity contribution in [2.24, 2.45) is 0 Å². The van der Waals surface area contributed by atoms with E-state index in [0.717, 1.165) is 67.5 Å². The molecule has 0 N–H and O–H groups in total. The van der Waals surface area contributed by atoms with Crippen LogP contribution in [0.1, 0.15) is 36.0 Å². The second kappa shape index (κ2) is 8.36. The van der Waals surface area contributed by atoms with Crippen molar-refractivity contribution in [3.05, 3.63) is 41.0 Å². The van der Waals surface area contributed by atoms with Gasteiger partial charge in [0, 0.05) is 62.1 Å². The Balaban J connectivity index is 1.80. The first kappa shape index (κ1) is 18.5. The van der Waals surface area contributed by atoms with E-state index >= 15 is 0 Å². The van der Waals surface area contributed by atoms with Gasteiger partial charge >= 0.3 is 0 Å². The monoisotopic (exact) mass is 357 g/mol. The Kier molecular flexibility index (Phi) is 5.93. The lowest BCUT2D eigenvalue weighted by Crippen LogP contribution is -2.31. The molecule has 6 heteroatoms. The second-order valence-corrected chi connectivity index (χ2v) is 6.48. The molecule has 0 amide bonds. The maximum absolute atomic E-state index is 5.57. The van der Waals surface area contributed by atoms with E-state index < -0.39 is 0 Å². The highest BCUT2D eigenvalue weighted by Crippen LogP contribution is 2.35. The number of aromatic nitrogens is 2. The van der Waals surface area contributed by atoms with Gasteiger partial charge in [-0.3, -0.25) is 4.90 Å². The number of benzene rings is 1. The SMILES string of the molecule is CCCc1ncc2c(n1)CCN(Cc1c(OC)cc(OC)cc1OC)C2. The van der Waals surface area contributed by atoms with E-state index in [0.29, 0.717) is 0 Å². The molecule has 1 aromatic carbocycles. The zero-order valence-corrected chi connectivity index (χ0v) is 16.0. The third-order valence-corrected chi connectivity index (χ3v) is 4.74. The van der Waals surface area contributed by atoms with Crippen molar-refractivity contribution < 1.29 is 14.2 Å². The third kappa shape index (κ3) is 3.90. The van der Waals surface area contributed by atoms with Crippen LogP contribution in [0.2, 0.25) is 0 Å². The molecule has 0 radical (unpaired) electrons. The summed E-state index contributed by atoms with van der Waals surface area (Å²) in [5.74, 6) is 3.24. The van der Waals surface area contributed by atoms with Gasteiger partial charge in [0.1, 0.15) is 23.1 Å². The highest BCUT2D eigenvalue weighted by molar-refractivity contribution is 5.50. The number of hydrogen-bond acceptors (Lipinski definition) is 6. The van der Waals surface area contributed by atoms with Crippen LogP contribution in [0.5, 0.6) is 17.2 Å². The highest BCUT2D eigenvalue weighted by atomic mass is 16.5. The zero-order valence-electron chi connectivity index (χ0n) is 16.0. The first-order valence-corrected chi connectivity index (χ1v) is 9.03. The molecule has 1 aliphatic heterocycles. The van der Waals surface area contributed by atoms with Crippen LogP contribution < -0.4 is 14.2 Å². The number of fused-ring (bicyclic) bond motifs is 1. The summed E-state index contributed by atoms with van der Waals surface area (Å²) in [4.78, 5) is 11.6. The van der Waals surface area contributed by atoms with Crippen LogP contribution in [0, 0.1) is 0 Å². The van der Waals surface area contributed by atoms with E-state index in [4.69, 9.17) is 19.2 Å². The van der Waals surface area contributed by atoms with E-state index in [1.165, 1.54) is 11.3 Å². The number of ether oxygens (including phenoxy) is 3. The Morgan fingerprint density at radius 3 is 2.42 bits per heavy atom. The Labute approximate surface area is 155 Å². The summed E-state index contributed by atoms with van der Waals surface area (Å²) in [6.45, 7) is 4.68. The minimum Gasteiger partial charge on any atom is -0.496 e. The number of rotatable bonds is 7. The summed E-state index contributed by atoms with van der Waals surface area (Å²) < 4.78 is 16.5. The quantitative estimate of drug-likeness (QED) is 0.759. The lowest BCUT2D eigenvalue weighted by molar-refractivity contribution is 0.234. The van der Waals surface area contributed by atoms with Gasteiger partial charge < -0.3 is 14.2 Å². The van der Waals surface area contributed by atoms with E-state index in [1.807, 2.05) is 18.3 Å². The summed E-state index contributed by atoms with van der Waals surface area (Å²) >= 11 is 0. The van der Waals surface area contributed by atoms with Gasteiger partial charge in [-0.15, -0.1) is 0 Å². The molecule has 0 aliphatic carbocycles. The lowest BCUT2D eigenvalue weighted by atomic mass is 10.0. The maximum Gasteiger partial charge on any atom is 0.130 e. The van der Waals surface area contributed by atoms with Gasteiger partial charge in [0.25, 0.3) is 0 Å². The van der Waals surface area contributed by atoms with Crippen molar-refractivity contribution in [2.45, 2.75) is 39.3 Å². The Hall–Kier alpha value is -2.34. The summed E-state index contributed by atoms with van der Waals surface area (Å²) in [7, 11) is 4.99. The fourth-order valence-corrected chi connectivity index (χ4v) is 3.35. The minimum absolute atomic E-state index is 0.725. The highest BCUT2D eigenvalue weighted by Gasteiger charge is 2.22. The summed E-state index contributed by atoms with van der Waals surface area (Å²) in [6.07, 6.45) is 4.94. The van der Waals surface area contributed by atoms with Crippen molar-refractivity contribution in [2.75, 3.05) is 27.9 Å². The van der Waals surface area contributed by atoms with E-state index in [-0.39, 0.29) is 0 Å². The second-order valence-electron chi connectivity index (χ2n) is 6.48. The molecule has 1 aliphatic rings. The minimum atomic E-state index is 0.725. The number of methoxy groups -OCH3 is 3. The van der Waals surface area contributed by atoms with Crippen LogP contribution in [0.4, 0.5) is 0 Å². The van der Waals surface area contributed by atoms with Crippen molar-refractivity contribution in [1.29, 1.82) is 0 Å². The molecule has 26 heavy (non-hydrogen) atoms. The Morgan fingerprint density at radius 1 is 1.08 bits per heavy atom. The average molecular weight is 357 g/mol. The third-order valence-electron chi connectivity index (χ3n) is 4.74. The van der Waals surface area contributed by atoms with Gasteiger partial charge in [-0.2, -0.15) is 0 Å². The zero-order chi connectivity index (χ0) is 18.5. The fourth-order valence-electron chi connectivity index (χ4n) is 3.35. The number of hydrogen-bond donors (Lipinski definition) is 0. The average Bonchev–Trinajstić information content (AvgIpc) is 2.68. The standard InChI is InChI=1S/C20H27N3O3/c1-5-6-20-21-11-14-12-23(8-7-17(14)22-20)13-16-18(25-3)9-15(24-2)10-19(16)26-4/h9-11H,5-8,12-13H2,1-4H3. The molecular weight excluding hydrogens is 330 g/mol. The molecule has 0 atom stereocenters. The topological polar surface area (TPSA) is 56.7 Å². The van der Waals surface area contributed by atoms with E-state index in [1.54, 1.807) is 21.3 Å². The van der Waals surface area contributed by atoms with Crippen LogP contribution in [-0.4, -0.2) is 42.7 Å². The normalized spacial score (nSPS) is 14.0. The Morgan fingerprint density at radius 2 is 1.81 bits per heavy atom. The maximum atomic E-state index is 5.57. The molecule has 2 aromatic rings. The molecule has 0 bridgehead atoms. The van der Waals surface area contributed by atoms with Gasteiger partial charge in [-0.25, -0.2) is 9.97 Å². The van der Waals surface area contributed by atoms with Gasteiger partial charge in [0.2, 0.25) is 0 Å². The van der Waals surface area contributed by atoms with Gasteiger partial charge in [-0.05, 0) is 6.42 Å². The molecule has 0 fully saturated rings. The lowest BCUT2D eigenvalue weighted by Gasteiger charge is -2.29. The molecule has 1 aromatic heterocycles. The molecule has 140 valence electrons. The molecule has 2 heterocycles. The number of nitrogens with zero attached hydrogens (tertiary/aromatic N) is 3. The molecule has 6 nitrogen and oxygen atoms in total. The molecule has 0 saturated heterocycles. The van der Waals surface area contributed by atoms with Crippen LogP contribution in [0.3, 0.4) is 0 Å². The van der Waals surface area contributed by atoms with Crippen LogP contribution in [-0.2, 0) is 25.9 Å². The van der Waals surface area contributed by atoms with E-state index in [2.05, 4.69) is 16.8 Å². The predicted octanol–water partition coefficient (Wildman–Crippen LogP) is 3.01. The predicted molar refractivity (Wildman–Crippen MR) is 99.9 cm³/mol. The molecule has 3 rings (SSSR count). The molecular formula is C20H27N3O3. The summed E-state index contributed by atoms with van der Waals surface area (Å²) in [5.41, 5.74) is 3.43. The van der Waals surface area contributed by atoms with Crippen molar-refractivity contribution >= 4 is 0 Å². The van der Waals surface area contributed by atoms with Crippen LogP contribution in [0.15, 0.2) is 18.3 Å². The van der Waals surface area contributed by atoms with Gasteiger partial charge in [0.05, 0.1) is 26.9 Å². The van der Waals surface area contributed by atoms with Crippen molar-refractivity contribution in [3.63, 3.8) is 0 Å². The summed E-state index contributed by atoms with van der Waals surface area (Å²) in [6, 6.07) is 3.80. The molecule has 0 unspecified atom stereocenters. The first-order chi connectivity index (χ1) is 12.7. The number of aryl methyl sites for hydroxylation is 1. The van der Waals surface area contributed by atoms with Gasteiger partial charge in [-0.1, -0.05) is 6.92 Å². The van der Waals surface area contributed by atoms with E-state index in [9.17, 15) is 0 Å². The Bertz CT molecular complexity index is 739. The first-order valence-electron chi connectivity index (χ1n) is 9.03. The smallest absolute Gasteiger partial charge is 0.130 e. The fraction of sp³-hybridized carbons (Fsp3) is 0.500. The van der Waals surface area contributed by atoms with Crippen LogP contribution >= 0.6 is 0 Å². The van der Waals surface area contributed by atoms with Gasteiger partial charge in [0.15, 0.2) is 0 Å². The van der Waals surface area contributed by atoms with Crippen molar-refractivity contribution in [1.82, 2.24) is 14.9 Å². The molecule has 0 spiro atoms. The summed E-state index contributed by atoms with van der Waals surface area (Å²) in [5, 5.41) is 0. The largest absolute Gasteiger partial charge is 0.496 e.